The maximum atomic E-state index is 13.9. The number of halogens is 1. The number of non-ortho nitro benzene ring substituents is 1. The van der Waals surface area contributed by atoms with Gasteiger partial charge in [-0.05, 0) is 17.7 Å². The summed E-state index contributed by atoms with van der Waals surface area (Å²) >= 11 is 6.31. The van der Waals surface area contributed by atoms with Gasteiger partial charge < -0.3 is 4.90 Å². The molecule has 0 N–H and O–H groups in total. The molecule has 0 radical (unpaired) electrons. The highest BCUT2D eigenvalue weighted by molar-refractivity contribution is 6.36. The van der Waals surface area contributed by atoms with Crippen molar-refractivity contribution >= 4 is 52.3 Å². The molecule has 0 saturated carbocycles. The van der Waals surface area contributed by atoms with Crippen molar-refractivity contribution in [2.24, 2.45) is 11.8 Å². The molecule has 3 aliphatic rings. The van der Waals surface area contributed by atoms with Crippen LogP contribution in [-0.2, 0) is 9.59 Å². The van der Waals surface area contributed by atoms with Crippen molar-refractivity contribution in [2.75, 3.05) is 9.80 Å². The first-order valence-corrected chi connectivity index (χ1v) is 11.7. The van der Waals surface area contributed by atoms with Gasteiger partial charge in [0.15, 0.2) is 5.78 Å². The average Bonchev–Trinajstić information content (AvgIpc) is 3.37. The maximum Gasteiger partial charge on any atom is 0.271 e. The van der Waals surface area contributed by atoms with Gasteiger partial charge in [-0.15, -0.1) is 0 Å². The van der Waals surface area contributed by atoms with Gasteiger partial charge in [-0.1, -0.05) is 72.3 Å². The third kappa shape index (κ3) is 3.11. The quantitative estimate of drug-likeness (QED) is 0.226. The molecule has 2 fully saturated rings. The van der Waals surface area contributed by atoms with Crippen molar-refractivity contribution in [1.29, 1.82) is 0 Å². The molecule has 3 heterocycles. The number of benzene rings is 3. The third-order valence-electron chi connectivity index (χ3n) is 7.12. The summed E-state index contributed by atoms with van der Waals surface area (Å²) in [6.45, 7) is 0. The number of amides is 2. The average molecular weight is 500 g/mol. The predicted octanol–water partition coefficient (Wildman–Crippen LogP) is 4.52. The number of nitro benzene ring substituents is 1. The second-order valence-corrected chi connectivity index (χ2v) is 9.35. The Morgan fingerprint density at radius 1 is 0.889 bits per heavy atom. The number of hydrogen-bond acceptors (Lipinski definition) is 6. The molecular weight excluding hydrogens is 482 g/mol. The molecule has 2 amide bonds. The molecular formula is C27H18ClN3O5. The number of carbonyl (C=O) groups is 3. The molecule has 2 saturated heterocycles. The van der Waals surface area contributed by atoms with Gasteiger partial charge in [0, 0.05) is 23.4 Å². The van der Waals surface area contributed by atoms with Gasteiger partial charge in [0.2, 0.25) is 11.8 Å². The maximum absolute atomic E-state index is 13.9. The summed E-state index contributed by atoms with van der Waals surface area (Å²) < 4.78 is 0. The summed E-state index contributed by atoms with van der Waals surface area (Å²) in [6, 6.07) is 18.3. The van der Waals surface area contributed by atoms with Crippen LogP contribution < -0.4 is 9.80 Å². The first-order chi connectivity index (χ1) is 17.4. The Kier molecular flexibility index (Phi) is 5.01. The van der Waals surface area contributed by atoms with Gasteiger partial charge in [0.25, 0.3) is 5.69 Å². The molecule has 9 heteroatoms. The Labute approximate surface area is 210 Å². The fraction of sp³-hybridized carbons (Fsp3) is 0.148. The molecule has 36 heavy (non-hydrogen) atoms. The van der Waals surface area contributed by atoms with Crippen molar-refractivity contribution in [2.45, 2.75) is 12.1 Å². The van der Waals surface area contributed by atoms with Crippen LogP contribution >= 0.6 is 11.6 Å². The van der Waals surface area contributed by atoms with Crippen LogP contribution in [0.2, 0.25) is 5.02 Å². The van der Waals surface area contributed by atoms with Gasteiger partial charge in [-0.25, -0.2) is 4.90 Å². The lowest BCUT2D eigenvalue weighted by molar-refractivity contribution is -0.384. The number of carbonyl (C=O) groups excluding carboxylic acids is 3. The van der Waals surface area contributed by atoms with E-state index in [-0.39, 0.29) is 22.2 Å². The minimum atomic E-state index is -0.985. The van der Waals surface area contributed by atoms with Gasteiger partial charge in [0.1, 0.15) is 6.04 Å². The van der Waals surface area contributed by atoms with Crippen LogP contribution in [0.5, 0.6) is 0 Å². The number of fused-ring (bicyclic) bond motifs is 5. The minimum absolute atomic E-state index is 0.0367. The minimum Gasteiger partial charge on any atom is -0.352 e. The molecule has 8 nitrogen and oxygen atoms in total. The fourth-order valence-electron chi connectivity index (χ4n) is 5.61. The Balaban J connectivity index is 1.50. The molecule has 0 spiro atoms. The number of nitrogens with zero attached hydrogens (tertiary/aromatic N) is 3. The highest BCUT2D eigenvalue weighted by Crippen LogP contribution is 2.50. The Bertz CT molecular complexity index is 1490. The highest BCUT2D eigenvalue weighted by atomic mass is 35.5. The summed E-state index contributed by atoms with van der Waals surface area (Å²) in [5.41, 5.74) is 1.75. The molecule has 3 aliphatic heterocycles. The van der Waals surface area contributed by atoms with E-state index in [0.29, 0.717) is 5.56 Å². The number of anilines is 2. The van der Waals surface area contributed by atoms with E-state index in [1.165, 1.54) is 12.1 Å². The van der Waals surface area contributed by atoms with Crippen LogP contribution in [0.25, 0.3) is 6.08 Å². The van der Waals surface area contributed by atoms with Gasteiger partial charge in [-0.3, -0.25) is 24.5 Å². The number of rotatable bonds is 4. The van der Waals surface area contributed by atoms with E-state index < -0.39 is 40.7 Å². The second-order valence-electron chi connectivity index (χ2n) is 8.95. The van der Waals surface area contributed by atoms with Crippen LogP contribution in [0.4, 0.5) is 17.1 Å². The van der Waals surface area contributed by atoms with E-state index in [1.54, 1.807) is 30.3 Å². The van der Waals surface area contributed by atoms with Crippen molar-refractivity contribution in [3.05, 3.63) is 105 Å². The van der Waals surface area contributed by atoms with Crippen LogP contribution in [0.3, 0.4) is 0 Å². The molecule has 4 atom stereocenters. The molecule has 0 bridgehead atoms. The zero-order valence-electron chi connectivity index (χ0n) is 18.7. The molecule has 3 aromatic carbocycles. The summed E-state index contributed by atoms with van der Waals surface area (Å²) in [4.78, 5) is 55.1. The zero-order valence-corrected chi connectivity index (χ0v) is 19.4. The molecule has 0 aliphatic carbocycles. The number of imide groups is 1. The Hall–Kier alpha value is -4.30. The van der Waals surface area contributed by atoms with Crippen LogP contribution in [-0.4, -0.2) is 34.6 Å². The summed E-state index contributed by atoms with van der Waals surface area (Å²) in [6.07, 6.45) is 3.74. The molecule has 3 aromatic rings. The van der Waals surface area contributed by atoms with Gasteiger partial charge in [0.05, 0.1) is 33.5 Å². The van der Waals surface area contributed by atoms with Crippen LogP contribution in [0.15, 0.2) is 78.9 Å². The fourth-order valence-corrected chi connectivity index (χ4v) is 5.81. The highest BCUT2D eigenvalue weighted by Gasteiger charge is 2.64. The first-order valence-electron chi connectivity index (χ1n) is 11.3. The smallest absolute Gasteiger partial charge is 0.271 e. The van der Waals surface area contributed by atoms with E-state index >= 15 is 0 Å². The van der Waals surface area contributed by atoms with E-state index in [4.69, 9.17) is 11.6 Å². The Morgan fingerprint density at radius 3 is 2.33 bits per heavy atom. The van der Waals surface area contributed by atoms with Gasteiger partial charge >= 0.3 is 0 Å². The van der Waals surface area contributed by atoms with Gasteiger partial charge in [-0.2, -0.15) is 0 Å². The normalized spacial score (nSPS) is 23.9. The topological polar surface area (TPSA) is 101 Å². The summed E-state index contributed by atoms with van der Waals surface area (Å²) in [5.74, 6) is -3.24. The van der Waals surface area contributed by atoms with Crippen molar-refractivity contribution in [1.82, 2.24) is 0 Å². The lowest BCUT2D eigenvalue weighted by Gasteiger charge is -2.36. The second kappa shape index (κ2) is 8.13. The van der Waals surface area contributed by atoms with E-state index in [9.17, 15) is 24.5 Å². The van der Waals surface area contributed by atoms with Crippen molar-refractivity contribution < 1.29 is 19.3 Å². The predicted molar refractivity (Wildman–Crippen MR) is 134 cm³/mol. The lowest BCUT2D eigenvalue weighted by Crippen LogP contribution is -2.48. The van der Waals surface area contributed by atoms with E-state index in [0.717, 1.165) is 22.2 Å². The lowest BCUT2D eigenvalue weighted by atomic mass is 9.86. The molecule has 0 unspecified atom stereocenters. The Morgan fingerprint density at radius 2 is 1.58 bits per heavy atom. The first kappa shape index (κ1) is 22.2. The van der Waals surface area contributed by atoms with Crippen LogP contribution in [0.1, 0.15) is 15.9 Å². The zero-order chi connectivity index (χ0) is 25.1. The monoisotopic (exact) mass is 499 g/mol. The standard InChI is InChI=1S/C27H18ClN3O5/c28-18-12-11-17(31(35)36)14-21(18)30-26(33)22-20-13-10-15-6-4-5-9-19(15)29(20)24(23(22)27(30)34)25(32)16-7-2-1-3-8-16/h1-14,20,22-24H/t20-,22-,23+,24-/m0/s1. The van der Waals surface area contributed by atoms with E-state index in [1.807, 2.05) is 41.3 Å². The molecule has 0 aromatic heterocycles. The summed E-state index contributed by atoms with van der Waals surface area (Å²) in [5, 5.41) is 11.4. The number of ketones is 1. The number of para-hydroxylation sites is 1. The summed E-state index contributed by atoms with van der Waals surface area (Å²) in [7, 11) is 0. The third-order valence-corrected chi connectivity index (χ3v) is 7.44. The number of hydrogen-bond donors (Lipinski definition) is 0. The number of Topliss-reactive ketones (excluding diaryl/α,β-unsaturated/α-hetero) is 1. The largest absolute Gasteiger partial charge is 0.352 e. The molecule has 6 rings (SSSR count). The molecule has 178 valence electrons. The SMILES string of the molecule is O=C(c1ccccc1)[C@@H]1[C@@H]2C(=O)N(c3cc([N+](=O)[O-])ccc3Cl)C(=O)[C@H]2[C@@H]2C=Cc3ccccc3N12. The van der Waals surface area contributed by atoms with Crippen molar-refractivity contribution in [3.8, 4) is 0 Å². The number of nitro groups is 1. The van der Waals surface area contributed by atoms with Crippen molar-refractivity contribution in [3.63, 3.8) is 0 Å². The van der Waals surface area contributed by atoms with E-state index in [2.05, 4.69) is 0 Å². The van der Waals surface area contributed by atoms with Crippen LogP contribution in [0, 0.1) is 22.0 Å².